The van der Waals surface area contributed by atoms with Gasteiger partial charge in [-0.25, -0.2) is 4.98 Å². The van der Waals surface area contributed by atoms with Crippen LogP contribution in [0.4, 0.5) is 0 Å². The molecular formula is C11H12N2S. The van der Waals surface area contributed by atoms with Gasteiger partial charge in [0.1, 0.15) is 5.65 Å². The maximum absolute atomic E-state index is 4.66. The lowest BCUT2D eigenvalue weighted by molar-refractivity contribution is 0.991. The van der Waals surface area contributed by atoms with Crippen molar-refractivity contribution in [3.05, 3.63) is 35.3 Å². The standard InChI is InChI=1S/C11H12N2S/c1-8-2-4-13-10-7-14-5-3-9(10)12-11(13)6-8/h2,4,6H,3,5,7H2,1H3. The van der Waals surface area contributed by atoms with Crippen LogP contribution in [0.1, 0.15) is 17.0 Å². The summed E-state index contributed by atoms with van der Waals surface area (Å²) in [5.41, 5.74) is 5.09. The van der Waals surface area contributed by atoms with Crippen molar-refractivity contribution in [3.8, 4) is 0 Å². The molecule has 2 aromatic rings. The van der Waals surface area contributed by atoms with Crippen molar-refractivity contribution in [1.29, 1.82) is 0 Å². The van der Waals surface area contributed by atoms with Gasteiger partial charge in [0, 0.05) is 18.4 Å². The van der Waals surface area contributed by atoms with Gasteiger partial charge in [0.15, 0.2) is 0 Å². The average molecular weight is 204 g/mol. The SMILES string of the molecule is Cc1ccn2c3c(nc2c1)CCSC3. The smallest absolute Gasteiger partial charge is 0.137 e. The van der Waals surface area contributed by atoms with Gasteiger partial charge < -0.3 is 4.40 Å². The normalized spacial score (nSPS) is 15.8. The summed E-state index contributed by atoms with van der Waals surface area (Å²) in [5.74, 6) is 2.33. The van der Waals surface area contributed by atoms with Crippen LogP contribution < -0.4 is 0 Å². The minimum absolute atomic E-state index is 1.11. The van der Waals surface area contributed by atoms with Crippen LogP contribution in [0.15, 0.2) is 18.3 Å². The summed E-state index contributed by atoms with van der Waals surface area (Å²) >= 11 is 2.00. The van der Waals surface area contributed by atoms with Crippen LogP contribution in [-0.4, -0.2) is 15.1 Å². The van der Waals surface area contributed by atoms with Crippen molar-refractivity contribution in [2.24, 2.45) is 0 Å². The summed E-state index contributed by atoms with van der Waals surface area (Å²) in [6.45, 7) is 2.11. The van der Waals surface area contributed by atoms with Crippen molar-refractivity contribution in [3.63, 3.8) is 0 Å². The largest absolute Gasteiger partial charge is 0.303 e. The van der Waals surface area contributed by atoms with Crippen molar-refractivity contribution in [2.45, 2.75) is 19.1 Å². The topological polar surface area (TPSA) is 17.3 Å². The number of nitrogens with zero attached hydrogens (tertiary/aromatic N) is 2. The van der Waals surface area contributed by atoms with E-state index in [2.05, 4.69) is 34.6 Å². The molecule has 0 bridgehead atoms. The molecule has 0 radical (unpaired) electrons. The number of hydrogen-bond donors (Lipinski definition) is 0. The molecule has 72 valence electrons. The first-order valence-electron chi connectivity index (χ1n) is 4.89. The minimum atomic E-state index is 1.11. The van der Waals surface area contributed by atoms with Crippen molar-refractivity contribution in [1.82, 2.24) is 9.38 Å². The Morgan fingerprint density at radius 3 is 3.36 bits per heavy atom. The van der Waals surface area contributed by atoms with E-state index in [-0.39, 0.29) is 0 Å². The first-order valence-corrected chi connectivity index (χ1v) is 6.04. The van der Waals surface area contributed by atoms with E-state index in [1.165, 1.54) is 22.7 Å². The number of pyridine rings is 1. The first-order chi connectivity index (χ1) is 6.84. The minimum Gasteiger partial charge on any atom is -0.303 e. The third kappa shape index (κ3) is 1.16. The maximum atomic E-state index is 4.66. The van der Waals surface area contributed by atoms with Crippen LogP contribution in [0.5, 0.6) is 0 Å². The number of hydrogen-bond acceptors (Lipinski definition) is 2. The summed E-state index contributed by atoms with van der Waals surface area (Å²) in [6, 6.07) is 4.30. The fraction of sp³-hybridized carbons (Fsp3) is 0.364. The molecule has 0 saturated carbocycles. The number of rotatable bonds is 0. The number of aryl methyl sites for hydroxylation is 2. The second-order valence-corrected chi connectivity index (χ2v) is 4.85. The zero-order valence-electron chi connectivity index (χ0n) is 8.16. The molecule has 0 unspecified atom stereocenters. The highest BCUT2D eigenvalue weighted by atomic mass is 32.2. The predicted molar refractivity (Wildman–Crippen MR) is 59.8 cm³/mol. The molecule has 0 fully saturated rings. The average Bonchev–Trinajstić information content (AvgIpc) is 2.54. The van der Waals surface area contributed by atoms with Crippen LogP contribution in [0, 0.1) is 6.92 Å². The molecule has 0 saturated heterocycles. The second-order valence-electron chi connectivity index (χ2n) is 3.74. The Kier molecular flexibility index (Phi) is 1.80. The number of thioether (sulfide) groups is 1. The molecule has 1 aliphatic rings. The monoisotopic (exact) mass is 204 g/mol. The van der Waals surface area contributed by atoms with Gasteiger partial charge in [0.2, 0.25) is 0 Å². The summed E-state index contributed by atoms with van der Waals surface area (Å²) in [7, 11) is 0. The van der Waals surface area contributed by atoms with Crippen LogP contribution >= 0.6 is 11.8 Å². The summed E-state index contributed by atoms with van der Waals surface area (Å²) in [5, 5.41) is 0. The lowest BCUT2D eigenvalue weighted by Gasteiger charge is -2.09. The number of fused-ring (bicyclic) bond motifs is 3. The molecule has 1 aliphatic heterocycles. The Labute approximate surface area is 87.3 Å². The zero-order chi connectivity index (χ0) is 9.54. The van der Waals surface area contributed by atoms with Gasteiger partial charge in [-0.15, -0.1) is 0 Å². The van der Waals surface area contributed by atoms with Crippen LogP contribution in [0.3, 0.4) is 0 Å². The van der Waals surface area contributed by atoms with Crippen LogP contribution in [-0.2, 0) is 12.2 Å². The van der Waals surface area contributed by atoms with E-state index in [1.807, 2.05) is 11.8 Å². The third-order valence-corrected chi connectivity index (χ3v) is 3.66. The molecular weight excluding hydrogens is 192 g/mol. The molecule has 0 aliphatic carbocycles. The predicted octanol–water partition coefficient (Wildman–Crippen LogP) is 2.43. The Hall–Kier alpha value is -0.960. The molecule has 3 rings (SSSR count). The van der Waals surface area contributed by atoms with Gasteiger partial charge >= 0.3 is 0 Å². The van der Waals surface area contributed by atoms with E-state index in [4.69, 9.17) is 0 Å². The van der Waals surface area contributed by atoms with Gasteiger partial charge in [0.05, 0.1) is 11.4 Å². The fourth-order valence-corrected chi connectivity index (χ4v) is 2.92. The summed E-state index contributed by atoms with van der Waals surface area (Å²) in [6.07, 6.45) is 3.27. The lowest BCUT2D eigenvalue weighted by Crippen LogP contribution is -2.02. The first kappa shape index (κ1) is 8.36. The molecule has 0 spiro atoms. The van der Waals surface area contributed by atoms with E-state index in [0.717, 1.165) is 17.8 Å². The van der Waals surface area contributed by atoms with E-state index in [0.29, 0.717) is 0 Å². The highest BCUT2D eigenvalue weighted by Gasteiger charge is 2.15. The highest BCUT2D eigenvalue weighted by Crippen LogP contribution is 2.25. The van der Waals surface area contributed by atoms with E-state index >= 15 is 0 Å². The molecule has 2 aromatic heterocycles. The zero-order valence-corrected chi connectivity index (χ0v) is 8.97. The van der Waals surface area contributed by atoms with Crippen molar-refractivity contribution < 1.29 is 0 Å². The summed E-state index contributed by atoms with van der Waals surface area (Å²) in [4.78, 5) is 4.66. The van der Waals surface area contributed by atoms with E-state index < -0.39 is 0 Å². The Morgan fingerprint density at radius 2 is 2.43 bits per heavy atom. The Balaban J connectivity index is 2.31. The number of imidazole rings is 1. The highest BCUT2D eigenvalue weighted by molar-refractivity contribution is 7.98. The third-order valence-electron chi connectivity index (χ3n) is 2.69. The molecule has 0 N–H and O–H groups in total. The fourth-order valence-electron chi connectivity index (χ4n) is 1.94. The van der Waals surface area contributed by atoms with Gasteiger partial charge in [-0.05, 0) is 30.4 Å². The van der Waals surface area contributed by atoms with Crippen LogP contribution in [0.25, 0.3) is 5.65 Å². The Bertz CT molecular complexity index is 487. The van der Waals surface area contributed by atoms with Crippen LogP contribution in [0.2, 0.25) is 0 Å². The molecule has 3 heterocycles. The maximum Gasteiger partial charge on any atom is 0.137 e. The summed E-state index contributed by atoms with van der Waals surface area (Å²) < 4.78 is 2.23. The van der Waals surface area contributed by atoms with E-state index in [9.17, 15) is 0 Å². The number of aromatic nitrogens is 2. The molecule has 3 heteroatoms. The van der Waals surface area contributed by atoms with Gasteiger partial charge in [-0.1, -0.05) is 0 Å². The molecule has 14 heavy (non-hydrogen) atoms. The van der Waals surface area contributed by atoms with Crippen molar-refractivity contribution >= 4 is 17.4 Å². The van der Waals surface area contributed by atoms with Gasteiger partial charge in [-0.3, -0.25) is 0 Å². The van der Waals surface area contributed by atoms with E-state index in [1.54, 1.807) is 0 Å². The lowest BCUT2D eigenvalue weighted by atomic mass is 10.3. The molecule has 0 amide bonds. The molecule has 2 nitrogen and oxygen atoms in total. The van der Waals surface area contributed by atoms with Gasteiger partial charge in [-0.2, -0.15) is 11.8 Å². The molecule has 0 aromatic carbocycles. The van der Waals surface area contributed by atoms with Gasteiger partial charge in [0.25, 0.3) is 0 Å². The second kappa shape index (κ2) is 3.02. The molecule has 0 atom stereocenters. The Morgan fingerprint density at radius 1 is 1.50 bits per heavy atom. The quantitative estimate of drug-likeness (QED) is 0.655. The van der Waals surface area contributed by atoms with Crippen molar-refractivity contribution in [2.75, 3.05) is 5.75 Å².